The van der Waals surface area contributed by atoms with E-state index in [4.69, 9.17) is 0 Å². The lowest BCUT2D eigenvalue weighted by molar-refractivity contribution is 0.446. The van der Waals surface area contributed by atoms with E-state index in [0.29, 0.717) is 11.1 Å². The third-order valence-electron chi connectivity index (χ3n) is 11.4. The zero-order valence-electron chi connectivity index (χ0n) is 38.7. The summed E-state index contributed by atoms with van der Waals surface area (Å²) < 4.78 is 0. The first kappa shape index (κ1) is 44.4. The Morgan fingerprint density at radius 3 is 0.983 bits per heavy atom. The van der Waals surface area contributed by atoms with Gasteiger partial charge in [-0.15, -0.1) is 0 Å². The molecular formula is C54H70O4. The van der Waals surface area contributed by atoms with E-state index in [0.717, 1.165) is 61.2 Å². The van der Waals surface area contributed by atoms with Gasteiger partial charge in [-0.2, -0.15) is 0 Å². The average molecular weight is 783 g/mol. The monoisotopic (exact) mass is 783 g/mol. The highest BCUT2D eigenvalue weighted by molar-refractivity contribution is 5.94. The zero-order valence-corrected chi connectivity index (χ0v) is 38.7. The van der Waals surface area contributed by atoms with Gasteiger partial charge in [0, 0.05) is 5.56 Å². The van der Waals surface area contributed by atoms with E-state index in [1.165, 1.54) is 5.56 Å². The molecule has 0 bridgehead atoms. The molecule has 5 rings (SSSR count). The molecule has 0 saturated carbocycles. The molecule has 0 aromatic heterocycles. The summed E-state index contributed by atoms with van der Waals surface area (Å²) in [4.78, 5) is 0. The lowest BCUT2D eigenvalue weighted by Gasteiger charge is -2.34. The van der Waals surface area contributed by atoms with Crippen LogP contribution in [0.2, 0.25) is 0 Å². The van der Waals surface area contributed by atoms with Crippen LogP contribution in [0.5, 0.6) is 23.0 Å². The van der Waals surface area contributed by atoms with Crippen LogP contribution in [0.25, 0.3) is 44.5 Å². The van der Waals surface area contributed by atoms with Gasteiger partial charge in [-0.1, -0.05) is 161 Å². The Bertz CT molecular complexity index is 2370. The van der Waals surface area contributed by atoms with Crippen LogP contribution in [0.4, 0.5) is 0 Å². The molecule has 58 heavy (non-hydrogen) atoms. The normalized spacial score (nSPS) is 13.3. The fraction of sp³-hybridized carbons (Fsp3) is 0.444. The van der Waals surface area contributed by atoms with Crippen LogP contribution < -0.4 is 0 Å². The van der Waals surface area contributed by atoms with Crippen LogP contribution in [0.15, 0.2) is 72.8 Å². The predicted octanol–water partition coefficient (Wildman–Crippen LogP) is 15.0. The standard InChI is InChI=1S/C54H70O4/c1-49(2,3)36-24-21-33(46(53(13,14)15)43(36)31-19-26-40(55)38(29-31)51(7,8)9)34-23-28-42(57)45(48(34)58)35-22-25-37(50(4,5)6)44(47(35)54(16,17)18)32-20-27-41(56)39(30-32)52(10,11)12/h19-30,55-58H,1-18H3. The average Bonchev–Trinajstić information content (AvgIpc) is 3.05. The lowest BCUT2D eigenvalue weighted by Crippen LogP contribution is -2.21. The molecule has 0 unspecified atom stereocenters. The number of rotatable bonds is 4. The van der Waals surface area contributed by atoms with Crippen molar-refractivity contribution < 1.29 is 20.4 Å². The molecule has 4 nitrogen and oxygen atoms in total. The molecule has 0 aliphatic rings. The van der Waals surface area contributed by atoms with E-state index in [2.05, 4.69) is 161 Å². The minimum atomic E-state index is -0.428. The summed E-state index contributed by atoms with van der Waals surface area (Å²) in [5.41, 5.74) is 11.1. The van der Waals surface area contributed by atoms with E-state index in [1.807, 2.05) is 24.3 Å². The van der Waals surface area contributed by atoms with Gasteiger partial charge in [-0.3, -0.25) is 0 Å². The first-order valence-electron chi connectivity index (χ1n) is 20.9. The maximum Gasteiger partial charge on any atom is 0.134 e. The van der Waals surface area contributed by atoms with Crippen molar-refractivity contribution in [1.29, 1.82) is 0 Å². The van der Waals surface area contributed by atoms with Crippen molar-refractivity contribution in [1.82, 2.24) is 0 Å². The maximum atomic E-state index is 12.8. The summed E-state index contributed by atoms with van der Waals surface area (Å²) in [6, 6.07) is 23.9. The molecule has 0 atom stereocenters. The van der Waals surface area contributed by atoms with Crippen molar-refractivity contribution >= 4 is 0 Å². The number of hydrogen-bond acceptors (Lipinski definition) is 4. The third-order valence-corrected chi connectivity index (χ3v) is 11.4. The molecule has 0 aliphatic heterocycles. The molecule has 4 N–H and O–H groups in total. The van der Waals surface area contributed by atoms with Gasteiger partial charge >= 0.3 is 0 Å². The quantitative estimate of drug-likeness (QED) is 0.146. The van der Waals surface area contributed by atoms with Crippen molar-refractivity contribution in [2.75, 3.05) is 0 Å². The van der Waals surface area contributed by atoms with Gasteiger partial charge in [-0.25, -0.2) is 0 Å². The van der Waals surface area contributed by atoms with Crippen molar-refractivity contribution in [2.24, 2.45) is 0 Å². The largest absolute Gasteiger partial charge is 0.508 e. The molecule has 0 heterocycles. The molecule has 0 aliphatic carbocycles. The number of aromatic hydroxyl groups is 4. The van der Waals surface area contributed by atoms with Crippen LogP contribution >= 0.6 is 0 Å². The fourth-order valence-electron chi connectivity index (χ4n) is 8.69. The molecule has 0 spiro atoms. The number of phenolic OH excluding ortho intramolecular Hbond substituents is 4. The smallest absolute Gasteiger partial charge is 0.134 e. The SMILES string of the molecule is CC(C)(C)c1cc(-c2c(C(C)(C)C)ccc(-c3ccc(O)c(-c4ccc(C(C)(C)C)c(-c5ccc(O)c(C(C)(C)C)c5)c4C(C)(C)C)c3O)c2C(C)(C)C)ccc1O. The lowest BCUT2D eigenvalue weighted by atomic mass is 9.70. The van der Waals surface area contributed by atoms with Crippen LogP contribution in [0.1, 0.15) is 158 Å². The van der Waals surface area contributed by atoms with Crippen molar-refractivity contribution in [3.05, 3.63) is 106 Å². The molecule has 0 amide bonds. The number of benzene rings is 5. The second kappa shape index (κ2) is 14.5. The summed E-state index contributed by atoms with van der Waals surface area (Å²) >= 11 is 0. The Balaban J connectivity index is 1.95. The van der Waals surface area contributed by atoms with Gasteiger partial charge in [0.05, 0.1) is 5.56 Å². The van der Waals surface area contributed by atoms with Gasteiger partial charge in [-0.05, 0) is 136 Å². The van der Waals surface area contributed by atoms with Gasteiger partial charge in [0.2, 0.25) is 0 Å². The van der Waals surface area contributed by atoms with Gasteiger partial charge in [0.25, 0.3) is 0 Å². The van der Waals surface area contributed by atoms with E-state index < -0.39 is 5.41 Å². The summed E-state index contributed by atoms with van der Waals surface area (Å²) in [6.45, 7) is 39.2. The molecule has 5 aromatic rings. The second-order valence-electron chi connectivity index (χ2n) is 22.6. The molecule has 0 fully saturated rings. The van der Waals surface area contributed by atoms with Gasteiger partial charge in [0.1, 0.15) is 23.0 Å². The minimum Gasteiger partial charge on any atom is -0.508 e. The van der Waals surface area contributed by atoms with Crippen molar-refractivity contribution in [3.8, 4) is 67.5 Å². The molecular weight excluding hydrogens is 713 g/mol. The Labute approximate surface area is 350 Å². The summed E-state index contributed by atoms with van der Waals surface area (Å²) in [7, 11) is 0. The van der Waals surface area contributed by atoms with Crippen LogP contribution in [-0.4, -0.2) is 20.4 Å². The zero-order chi connectivity index (χ0) is 43.9. The van der Waals surface area contributed by atoms with Gasteiger partial charge < -0.3 is 20.4 Å². The van der Waals surface area contributed by atoms with Gasteiger partial charge in [0.15, 0.2) is 0 Å². The fourth-order valence-corrected chi connectivity index (χ4v) is 8.69. The second-order valence-corrected chi connectivity index (χ2v) is 22.6. The Morgan fingerprint density at radius 1 is 0.293 bits per heavy atom. The molecule has 4 heteroatoms. The molecule has 0 radical (unpaired) electrons. The summed E-state index contributed by atoms with van der Waals surface area (Å²) in [5, 5.41) is 46.8. The highest BCUT2D eigenvalue weighted by Gasteiger charge is 2.35. The summed E-state index contributed by atoms with van der Waals surface area (Å²) in [6.07, 6.45) is 0. The number of phenols is 4. The van der Waals surface area contributed by atoms with Crippen molar-refractivity contribution in [3.63, 3.8) is 0 Å². The topological polar surface area (TPSA) is 80.9 Å². The predicted molar refractivity (Wildman–Crippen MR) is 247 cm³/mol. The Hall–Kier alpha value is -4.70. The van der Waals surface area contributed by atoms with Crippen LogP contribution in [-0.2, 0) is 32.5 Å². The molecule has 0 saturated heterocycles. The van der Waals surface area contributed by atoms with Crippen LogP contribution in [0.3, 0.4) is 0 Å². The first-order valence-corrected chi connectivity index (χ1v) is 20.9. The first-order chi connectivity index (χ1) is 26.3. The maximum absolute atomic E-state index is 12.8. The Morgan fingerprint density at radius 2 is 0.621 bits per heavy atom. The molecule has 5 aromatic carbocycles. The van der Waals surface area contributed by atoms with E-state index in [1.54, 1.807) is 12.1 Å². The summed E-state index contributed by atoms with van der Waals surface area (Å²) in [5.74, 6) is 0.552. The highest BCUT2D eigenvalue weighted by atomic mass is 16.3. The van der Waals surface area contributed by atoms with E-state index >= 15 is 0 Å². The van der Waals surface area contributed by atoms with E-state index in [-0.39, 0.29) is 50.1 Å². The third kappa shape index (κ3) is 8.40. The van der Waals surface area contributed by atoms with Crippen molar-refractivity contribution in [2.45, 2.75) is 157 Å². The van der Waals surface area contributed by atoms with Crippen LogP contribution in [0, 0.1) is 0 Å². The van der Waals surface area contributed by atoms with E-state index in [9.17, 15) is 20.4 Å². The minimum absolute atomic E-state index is 0.000470. The molecule has 310 valence electrons. The highest BCUT2D eigenvalue weighted by Crippen LogP contribution is 2.54. The number of hydrogen-bond donors (Lipinski definition) is 4. The Kier molecular flexibility index (Phi) is 11.1.